The molecule has 0 amide bonds. The van der Waals surface area contributed by atoms with Crippen molar-refractivity contribution >= 4 is 0 Å². The van der Waals surface area contributed by atoms with Crippen LogP contribution in [0.15, 0.2) is 0 Å². The zero-order valence-electron chi connectivity index (χ0n) is 11.0. The van der Waals surface area contributed by atoms with Gasteiger partial charge in [0, 0.05) is 32.8 Å². The van der Waals surface area contributed by atoms with Crippen LogP contribution < -0.4 is 5.73 Å². The fraction of sp³-hybridized carbons (Fsp3) is 1.00. The lowest BCUT2D eigenvalue weighted by Crippen LogP contribution is -2.37. The molecule has 1 atom stereocenters. The minimum absolute atomic E-state index is 0.307. The van der Waals surface area contributed by atoms with E-state index in [-0.39, 0.29) is 0 Å². The van der Waals surface area contributed by atoms with Crippen molar-refractivity contribution in [2.75, 3.05) is 33.9 Å². The third-order valence-corrected chi connectivity index (χ3v) is 3.51. The Morgan fingerprint density at radius 1 is 1.38 bits per heavy atom. The lowest BCUT2D eigenvalue weighted by molar-refractivity contribution is 0.186. The molecule has 96 valence electrons. The first-order chi connectivity index (χ1) is 7.72. The summed E-state index contributed by atoms with van der Waals surface area (Å²) in [4.78, 5) is 2.41. The molecule has 0 heterocycles. The summed E-state index contributed by atoms with van der Waals surface area (Å²) in [5.41, 5.74) is 6.09. The van der Waals surface area contributed by atoms with Gasteiger partial charge in [0.1, 0.15) is 0 Å². The normalized spacial score (nSPS) is 19.5. The second-order valence-corrected chi connectivity index (χ2v) is 5.27. The standard InChI is InChI=1S/C13H28N2O/c1-15(10-12-6-3-4-7-12)11-13(14)8-5-9-16-2/h12-13H,3-11,14H2,1-2H3. The molecule has 1 aliphatic carbocycles. The first kappa shape index (κ1) is 13.9. The van der Waals surface area contributed by atoms with Gasteiger partial charge in [0.2, 0.25) is 0 Å². The lowest BCUT2D eigenvalue weighted by atomic mass is 10.1. The van der Waals surface area contributed by atoms with Crippen molar-refractivity contribution < 1.29 is 4.74 Å². The van der Waals surface area contributed by atoms with E-state index in [2.05, 4.69) is 11.9 Å². The molecule has 1 unspecified atom stereocenters. The van der Waals surface area contributed by atoms with E-state index in [1.807, 2.05) is 0 Å². The molecule has 0 aromatic heterocycles. The van der Waals surface area contributed by atoms with Crippen molar-refractivity contribution in [2.24, 2.45) is 11.7 Å². The summed E-state index contributed by atoms with van der Waals surface area (Å²) in [6, 6.07) is 0.307. The predicted octanol–water partition coefficient (Wildman–Crippen LogP) is 1.86. The number of methoxy groups -OCH3 is 1. The van der Waals surface area contributed by atoms with Crippen molar-refractivity contribution in [3.05, 3.63) is 0 Å². The van der Waals surface area contributed by atoms with Crippen LogP contribution in [0.1, 0.15) is 38.5 Å². The van der Waals surface area contributed by atoms with Gasteiger partial charge in [0.25, 0.3) is 0 Å². The van der Waals surface area contributed by atoms with Crippen molar-refractivity contribution in [1.82, 2.24) is 4.90 Å². The van der Waals surface area contributed by atoms with E-state index in [0.717, 1.165) is 31.9 Å². The van der Waals surface area contributed by atoms with Crippen LogP contribution in [-0.4, -0.2) is 44.8 Å². The van der Waals surface area contributed by atoms with Crippen LogP contribution in [-0.2, 0) is 4.74 Å². The molecule has 0 radical (unpaired) electrons. The maximum Gasteiger partial charge on any atom is 0.0462 e. The highest BCUT2D eigenvalue weighted by Crippen LogP contribution is 2.25. The zero-order chi connectivity index (χ0) is 11.8. The van der Waals surface area contributed by atoms with E-state index >= 15 is 0 Å². The van der Waals surface area contributed by atoms with Crippen LogP contribution in [0.5, 0.6) is 0 Å². The number of hydrogen-bond acceptors (Lipinski definition) is 3. The molecule has 0 bridgehead atoms. The number of nitrogens with zero attached hydrogens (tertiary/aromatic N) is 1. The Kier molecular flexibility index (Phi) is 7.01. The third kappa shape index (κ3) is 5.83. The van der Waals surface area contributed by atoms with Gasteiger partial charge in [0.15, 0.2) is 0 Å². The second-order valence-electron chi connectivity index (χ2n) is 5.27. The summed E-state index contributed by atoms with van der Waals surface area (Å²) < 4.78 is 5.04. The molecular weight excluding hydrogens is 200 g/mol. The molecule has 0 aliphatic heterocycles. The quantitative estimate of drug-likeness (QED) is 0.645. The summed E-state index contributed by atoms with van der Waals surface area (Å²) in [7, 11) is 3.95. The van der Waals surface area contributed by atoms with E-state index in [1.54, 1.807) is 7.11 Å². The number of hydrogen-bond donors (Lipinski definition) is 1. The fourth-order valence-electron chi connectivity index (χ4n) is 2.69. The van der Waals surface area contributed by atoms with Crippen molar-refractivity contribution in [1.29, 1.82) is 0 Å². The van der Waals surface area contributed by atoms with E-state index in [9.17, 15) is 0 Å². The number of rotatable bonds is 8. The highest BCUT2D eigenvalue weighted by atomic mass is 16.5. The summed E-state index contributed by atoms with van der Waals surface area (Å²) in [6.45, 7) is 3.10. The number of ether oxygens (including phenoxy) is 1. The molecule has 0 aromatic carbocycles. The Bertz CT molecular complexity index is 169. The molecular formula is C13H28N2O. The number of likely N-dealkylation sites (N-methyl/N-ethyl adjacent to an activating group) is 1. The van der Waals surface area contributed by atoms with Crippen LogP contribution >= 0.6 is 0 Å². The summed E-state index contributed by atoms with van der Waals surface area (Å²) in [6.07, 6.45) is 7.85. The lowest BCUT2D eigenvalue weighted by Gasteiger charge is -2.24. The van der Waals surface area contributed by atoms with Gasteiger partial charge >= 0.3 is 0 Å². The van der Waals surface area contributed by atoms with Crippen molar-refractivity contribution in [3.63, 3.8) is 0 Å². The Balaban J connectivity index is 2.05. The molecule has 0 saturated heterocycles. The topological polar surface area (TPSA) is 38.5 Å². The summed E-state index contributed by atoms with van der Waals surface area (Å²) >= 11 is 0. The molecule has 3 heteroatoms. The monoisotopic (exact) mass is 228 g/mol. The van der Waals surface area contributed by atoms with Gasteiger partial charge in [0.05, 0.1) is 0 Å². The van der Waals surface area contributed by atoms with E-state index < -0.39 is 0 Å². The smallest absolute Gasteiger partial charge is 0.0462 e. The van der Waals surface area contributed by atoms with Gasteiger partial charge in [-0.05, 0) is 38.6 Å². The SMILES string of the molecule is COCCCC(N)CN(C)CC1CCCC1. The largest absolute Gasteiger partial charge is 0.385 e. The summed E-state index contributed by atoms with van der Waals surface area (Å²) in [5.74, 6) is 0.927. The molecule has 3 nitrogen and oxygen atoms in total. The molecule has 0 aromatic rings. The first-order valence-electron chi connectivity index (χ1n) is 6.65. The fourth-order valence-corrected chi connectivity index (χ4v) is 2.69. The van der Waals surface area contributed by atoms with Gasteiger partial charge in [-0.15, -0.1) is 0 Å². The zero-order valence-corrected chi connectivity index (χ0v) is 11.0. The number of nitrogens with two attached hydrogens (primary N) is 1. The average molecular weight is 228 g/mol. The van der Waals surface area contributed by atoms with Gasteiger partial charge < -0.3 is 15.4 Å². The first-order valence-corrected chi connectivity index (χ1v) is 6.65. The Morgan fingerprint density at radius 2 is 2.06 bits per heavy atom. The van der Waals surface area contributed by atoms with Gasteiger partial charge in [-0.3, -0.25) is 0 Å². The van der Waals surface area contributed by atoms with E-state index in [1.165, 1.54) is 32.2 Å². The molecule has 1 fully saturated rings. The minimum atomic E-state index is 0.307. The predicted molar refractivity (Wildman–Crippen MR) is 68.5 cm³/mol. The van der Waals surface area contributed by atoms with Crippen LogP contribution in [0.2, 0.25) is 0 Å². The maximum absolute atomic E-state index is 6.09. The van der Waals surface area contributed by atoms with Crippen LogP contribution in [0.4, 0.5) is 0 Å². The summed E-state index contributed by atoms with van der Waals surface area (Å²) in [5, 5.41) is 0. The van der Waals surface area contributed by atoms with Gasteiger partial charge in [-0.1, -0.05) is 12.8 Å². The molecule has 1 saturated carbocycles. The molecule has 2 N–H and O–H groups in total. The minimum Gasteiger partial charge on any atom is -0.385 e. The van der Waals surface area contributed by atoms with E-state index in [4.69, 9.17) is 10.5 Å². The van der Waals surface area contributed by atoms with Crippen molar-refractivity contribution in [3.8, 4) is 0 Å². The van der Waals surface area contributed by atoms with Crippen LogP contribution in [0.25, 0.3) is 0 Å². The van der Waals surface area contributed by atoms with Gasteiger partial charge in [-0.2, -0.15) is 0 Å². The molecule has 1 rings (SSSR count). The highest BCUT2D eigenvalue weighted by molar-refractivity contribution is 4.73. The van der Waals surface area contributed by atoms with Gasteiger partial charge in [-0.25, -0.2) is 0 Å². The Morgan fingerprint density at radius 3 is 2.69 bits per heavy atom. The molecule has 16 heavy (non-hydrogen) atoms. The highest BCUT2D eigenvalue weighted by Gasteiger charge is 2.17. The maximum atomic E-state index is 6.09. The van der Waals surface area contributed by atoms with Crippen molar-refractivity contribution in [2.45, 2.75) is 44.6 Å². The second kappa shape index (κ2) is 8.04. The average Bonchev–Trinajstić information content (AvgIpc) is 2.70. The Labute approximate surface area is 100 Å². The van der Waals surface area contributed by atoms with E-state index in [0.29, 0.717) is 6.04 Å². The molecule has 1 aliphatic rings. The third-order valence-electron chi connectivity index (χ3n) is 3.51. The van der Waals surface area contributed by atoms with Crippen LogP contribution in [0, 0.1) is 5.92 Å². The Hall–Kier alpha value is -0.120. The van der Waals surface area contributed by atoms with Crippen LogP contribution in [0.3, 0.4) is 0 Å². The molecule has 0 spiro atoms.